The highest BCUT2D eigenvalue weighted by Gasteiger charge is 2.19. The van der Waals surface area contributed by atoms with Gasteiger partial charge in [-0.25, -0.2) is 0 Å². The lowest BCUT2D eigenvalue weighted by Crippen LogP contribution is -2.01. The highest BCUT2D eigenvalue weighted by molar-refractivity contribution is 9.10. The molecule has 0 spiro atoms. The molecule has 0 fully saturated rings. The van der Waals surface area contributed by atoms with Gasteiger partial charge in [-0.05, 0) is 30.2 Å². The van der Waals surface area contributed by atoms with Crippen molar-refractivity contribution in [3.8, 4) is 11.5 Å². The maximum absolute atomic E-state index is 6.54. The number of halogens is 3. The molecule has 0 saturated carbocycles. The van der Waals surface area contributed by atoms with Gasteiger partial charge in [-0.3, -0.25) is 0 Å². The van der Waals surface area contributed by atoms with Crippen LogP contribution >= 0.6 is 39.1 Å². The lowest BCUT2D eigenvalue weighted by Gasteiger charge is -2.17. The van der Waals surface area contributed by atoms with E-state index in [1.54, 1.807) is 20.3 Å². The molecule has 0 aliphatic heterocycles. The summed E-state index contributed by atoms with van der Waals surface area (Å²) in [4.78, 5) is 0. The summed E-state index contributed by atoms with van der Waals surface area (Å²) >= 11 is 16.2. The normalized spacial score (nSPS) is 12.0. The first-order valence-electron chi connectivity index (χ1n) is 6.35. The van der Waals surface area contributed by atoms with E-state index in [0.29, 0.717) is 22.9 Å². The fourth-order valence-electron chi connectivity index (χ4n) is 2.10. The molecule has 0 radical (unpaired) electrons. The molecule has 0 heterocycles. The van der Waals surface area contributed by atoms with Crippen LogP contribution in [-0.2, 0) is 6.42 Å². The van der Waals surface area contributed by atoms with Gasteiger partial charge < -0.3 is 9.47 Å². The van der Waals surface area contributed by atoms with Crippen LogP contribution in [0, 0.1) is 0 Å². The number of alkyl halides is 1. The Morgan fingerprint density at radius 2 is 1.71 bits per heavy atom. The molecule has 2 aromatic rings. The summed E-state index contributed by atoms with van der Waals surface area (Å²) < 4.78 is 11.6. The third-order valence-corrected chi connectivity index (χ3v) is 4.46. The first kappa shape index (κ1) is 16.5. The van der Waals surface area contributed by atoms with E-state index >= 15 is 0 Å². The summed E-state index contributed by atoms with van der Waals surface area (Å²) in [5, 5.41) is 0.212. The van der Waals surface area contributed by atoms with E-state index in [2.05, 4.69) is 15.9 Å². The van der Waals surface area contributed by atoms with Crippen molar-refractivity contribution < 1.29 is 9.47 Å². The maximum atomic E-state index is 6.54. The third kappa shape index (κ3) is 3.85. The molecule has 2 nitrogen and oxygen atoms in total. The third-order valence-electron chi connectivity index (χ3n) is 3.18. The quantitative estimate of drug-likeness (QED) is 0.615. The average Bonchev–Trinajstić information content (AvgIpc) is 2.49. The predicted octanol–water partition coefficient (Wildman–Crippen LogP) is 5.64. The molecule has 1 unspecified atom stereocenters. The van der Waals surface area contributed by atoms with E-state index in [1.807, 2.05) is 30.3 Å². The highest BCUT2D eigenvalue weighted by atomic mass is 79.9. The van der Waals surface area contributed by atoms with E-state index < -0.39 is 0 Å². The van der Waals surface area contributed by atoms with Crippen LogP contribution in [-0.4, -0.2) is 14.2 Å². The Kier molecular flexibility index (Phi) is 5.80. The van der Waals surface area contributed by atoms with E-state index in [1.165, 1.54) is 0 Å². The Hall–Kier alpha value is -0.900. The van der Waals surface area contributed by atoms with Crippen molar-refractivity contribution in [2.24, 2.45) is 0 Å². The van der Waals surface area contributed by atoms with Crippen LogP contribution in [0.5, 0.6) is 11.5 Å². The average molecular weight is 390 g/mol. The van der Waals surface area contributed by atoms with Crippen molar-refractivity contribution >= 4 is 39.1 Å². The van der Waals surface area contributed by atoms with Gasteiger partial charge in [0.1, 0.15) is 16.5 Å². The summed E-state index contributed by atoms with van der Waals surface area (Å²) in [6, 6.07) is 11.8. The van der Waals surface area contributed by atoms with E-state index in [-0.39, 0.29) is 5.38 Å². The number of methoxy groups -OCH3 is 2. The van der Waals surface area contributed by atoms with Gasteiger partial charge in [-0.1, -0.05) is 45.7 Å². The largest absolute Gasteiger partial charge is 0.495 e. The Morgan fingerprint density at radius 3 is 2.29 bits per heavy atom. The molecular formula is C16H15BrCl2O2. The number of hydrogen-bond acceptors (Lipinski definition) is 2. The molecule has 0 amide bonds. The summed E-state index contributed by atoms with van der Waals surface area (Å²) in [7, 11) is 3.15. The van der Waals surface area contributed by atoms with Crippen molar-refractivity contribution in [2.75, 3.05) is 14.2 Å². The fraction of sp³-hybridized carbons (Fsp3) is 0.250. The van der Waals surface area contributed by atoms with Gasteiger partial charge in [0.25, 0.3) is 0 Å². The fourth-order valence-corrected chi connectivity index (χ4v) is 3.04. The molecule has 0 saturated heterocycles. The minimum absolute atomic E-state index is 0.232. The zero-order chi connectivity index (χ0) is 15.4. The molecule has 2 rings (SSSR count). The molecule has 21 heavy (non-hydrogen) atoms. The van der Waals surface area contributed by atoms with Crippen LogP contribution in [0.15, 0.2) is 40.9 Å². The van der Waals surface area contributed by atoms with Crippen LogP contribution in [0.4, 0.5) is 0 Å². The minimum atomic E-state index is -0.232. The Morgan fingerprint density at radius 1 is 1.05 bits per heavy atom. The Balaban J connectivity index is 2.28. The second-order valence-electron chi connectivity index (χ2n) is 4.50. The summed E-state index contributed by atoms with van der Waals surface area (Å²) in [6.07, 6.45) is 0.688. The first-order chi connectivity index (χ1) is 10.1. The molecule has 5 heteroatoms. The van der Waals surface area contributed by atoms with Gasteiger partial charge in [0.2, 0.25) is 0 Å². The molecule has 1 atom stereocenters. The van der Waals surface area contributed by atoms with E-state index in [4.69, 9.17) is 32.7 Å². The summed E-state index contributed by atoms with van der Waals surface area (Å²) in [6.45, 7) is 0. The van der Waals surface area contributed by atoms with Gasteiger partial charge in [-0.15, -0.1) is 11.6 Å². The number of rotatable bonds is 5. The zero-order valence-corrected chi connectivity index (χ0v) is 14.8. The summed E-state index contributed by atoms with van der Waals surface area (Å²) in [5.74, 6) is 1.14. The molecule has 112 valence electrons. The predicted molar refractivity (Wildman–Crippen MR) is 91.0 cm³/mol. The molecule has 0 aromatic heterocycles. The number of ether oxygens (including phenoxy) is 2. The summed E-state index contributed by atoms with van der Waals surface area (Å²) in [5.41, 5.74) is 2.00. The van der Waals surface area contributed by atoms with E-state index in [9.17, 15) is 0 Å². The van der Waals surface area contributed by atoms with Crippen LogP contribution in [0.25, 0.3) is 0 Å². The SMILES string of the molecule is COc1ccc(C(Cl)Cc2ccc(Br)cc2)c(OC)c1Cl. The smallest absolute Gasteiger partial charge is 0.145 e. The van der Waals surface area contributed by atoms with Crippen molar-refractivity contribution in [1.82, 2.24) is 0 Å². The van der Waals surface area contributed by atoms with Crippen LogP contribution in [0.1, 0.15) is 16.5 Å². The van der Waals surface area contributed by atoms with Gasteiger partial charge in [0.15, 0.2) is 0 Å². The molecule has 0 aliphatic carbocycles. The van der Waals surface area contributed by atoms with Gasteiger partial charge in [0.05, 0.1) is 19.6 Å². The lowest BCUT2D eigenvalue weighted by atomic mass is 10.0. The van der Waals surface area contributed by atoms with Crippen molar-refractivity contribution in [3.05, 3.63) is 57.0 Å². The molecule has 2 aromatic carbocycles. The zero-order valence-electron chi connectivity index (χ0n) is 11.7. The van der Waals surface area contributed by atoms with Crippen LogP contribution in [0.3, 0.4) is 0 Å². The van der Waals surface area contributed by atoms with Gasteiger partial charge >= 0.3 is 0 Å². The maximum Gasteiger partial charge on any atom is 0.145 e. The van der Waals surface area contributed by atoms with Gasteiger partial charge in [0, 0.05) is 10.0 Å². The molecule has 0 N–H and O–H groups in total. The Bertz CT molecular complexity index is 614. The van der Waals surface area contributed by atoms with Crippen molar-refractivity contribution in [3.63, 3.8) is 0 Å². The lowest BCUT2D eigenvalue weighted by molar-refractivity contribution is 0.391. The van der Waals surface area contributed by atoms with Crippen molar-refractivity contribution in [1.29, 1.82) is 0 Å². The highest BCUT2D eigenvalue weighted by Crippen LogP contribution is 2.42. The number of benzene rings is 2. The van der Waals surface area contributed by atoms with Gasteiger partial charge in [-0.2, -0.15) is 0 Å². The second kappa shape index (κ2) is 7.39. The first-order valence-corrected chi connectivity index (χ1v) is 7.96. The monoisotopic (exact) mass is 388 g/mol. The molecule has 0 aliphatic rings. The molecular weight excluding hydrogens is 375 g/mol. The van der Waals surface area contributed by atoms with Crippen LogP contribution in [0.2, 0.25) is 5.02 Å². The standard InChI is InChI=1S/C16H15BrCl2O2/c1-20-14-8-7-12(16(21-2)15(14)19)13(18)9-10-3-5-11(17)6-4-10/h3-8,13H,9H2,1-2H3. The van der Waals surface area contributed by atoms with Crippen LogP contribution < -0.4 is 9.47 Å². The minimum Gasteiger partial charge on any atom is -0.495 e. The van der Waals surface area contributed by atoms with Crippen molar-refractivity contribution in [2.45, 2.75) is 11.8 Å². The topological polar surface area (TPSA) is 18.5 Å². The molecule has 0 bridgehead atoms. The second-order valence-corrected chi connectivity index (χ2v) is 6.32. The Labute approximate surface area is 143 Å². The number of hydrogen-bond donors (Lipinski definition) is 0. The van der Waals surface area contributed by atoms with E-state index in [0.717, 1.165) is 15.6 Å².